The molecule has 0 N–H and O–H groups in total. The third kappa shape index (κ3) is 52.1. The van der Waals surface area contributed by atoms with Crippen molar-refractivity contribution in [1.29, 1.82) is 0 Å². The van der Waals surface area contributed by atoms with Crippen molar-refractivity contribution in [2.45, 2.75) is 207 Å². The molecule has 0 saturated heterocycles. The van der Waals surface area contributed by atoms with Gasteiger partial charge in [-0.15, -0.1) is 0 Å². The van der Waals surface area contributed by atoms with Gasteiger partial charge in [0.1, 0.15) is 13.2 Å². The molecule has 0 amide bonds. The monoisotopic (exact) mass is 923 g/mol. The molecule has 0 aromatic carbocycles. The molecular weight excluding hydrogens is 829 g/mol. The summed E-state index contributed by atoms with van der Waals surface area (Å²) >= 11 is 0. The quantitative estimate of drug-likeness (QED) is 0.0262. The van der Waals surface area contributed by atoms with Gasteiger partial charge in [-0.1, -0.05) is 192 Å². The van der Waals surface area contributed by atoms with E-state index in [2.05, 4.69) is 154 Å². The Bertz CT molecular complexity index is 1530. The molecule has 6 nitrogen and oxygen atoms in total. The first-order chi connectivity index (χ1) is 33.0. The van der Waals surface area contributed by atoms with Crippen LogP contribution in [0.5, 0.6) is 0 Å². The van der Waals surface area contributed by atoms with E-state index >= 15 is 0 Å². The van der Waals surface area contributed by atoms with E-state index in [4.69, 9.17) is 14.2 Å². The first-order valence-electron chi connectivity index (χ1n) is 26.3. The van der Waals surface area contributed by atoms with Gasteiger partial charge in [0.2, 0.25) is 0 Å². The summed E-state index contributed by atoms with van der Waals surface area (Å²) in [6, 6.07) is 0. The summed E-state index contributed by atoms with van der Waals surface area (Å²) in [6.45, 7) is 6.31. The van der Waals surface area contributed by atoms with Gasteiger partial charge in [-0.05, 0) is 135 Å². The Labute approximate surface area is 410 Å². The number of hydrogen-bond donors (Lipinski definition) is 0. The Morgan fingerprint density at radius 3 is 0.940 bits per heavy atom. The highest BCUT2D eigenvalue weighted by Gasteiger charge is 2.19. The van der Waals surface area contributed by atoms with E-state index in [1.54, 1.807) is 0 Å². The largest absolute Gasteiger partial charge is 0.462 e. The lowest BCUT2D eigenvalue weighted by Crippen LogP contribution is -2.30. The summed E-state index contributed by atoms with van der Waals surface area (Å²) in [7, 11) is 0. The lowest BCUT2D eigenvalue weighted by Gasteiger charge is -2.18. The molecule has 374 valence electrons. The zero-order valence-corrected chi connectivity index (χ0v) is 42.6. The van der Waals surface area contributed by atoms with E-state index < -0.39 is 6.10 Å². The van der Waals surface area contributed by atoms with Gasteiger partial charge < -0.3 is 14.2 Å². The highest BCUT2D eigenvalue weighted by molar-refractivity contribution is 5.71. The number of hydrogen-bond acceptors (Lipinski definition) is 6. The summed E-state index contributed by atoms with van der Waals surface area (Å²) in [5, 5.41) is 0. The van der Waals surface area contributed by atoms with E-state index in [-0.39, 0.29) is 50.4 Å². The second kappa shape index (κ2) is 53.9. The Balaban J connectivity index is 4.65. The van der Waals surface area contributed by atoms with Crippen LogP contribution >= 0.6 is 0 Å². The Morgan fingerprint density at radius 2 is 0.597 bits per heavy atom. The van der Waals surface area contributed by atoms with Crippen LogP contribution in [-0.2, 0) is 28.6 Å². The number of carbonyl (C=O) groups is 3. The summed E-state index contributed by atoms with van der Waals surface area (Å²) in [5.41, 5.74) is 0. The van der Waals surface area contributed by atoms with Gasteiger partial charge in [0, 0.05) is 19.3 Å². The first-order valence-corrected chi connectivity index (χ1v) is 26.3. The lowest BCUT2D eigenvalue weighted by atomic mass is 10.1. The molecule has 0 aromatic heterocycles. The van der Waals surface area contributed by atoms with Crippen molar-refractivity contribution in [3.63, 3.8) is 0 Å². The summed E-state index contributed by atoms with van der Waals surface area (Å²) in [4.78, 5) is 38.0. The van der Waals surface area contributed by atoms with Crippen molar-refractivity contribution < 1.29 is 28.6 Å². The summed E-state index contributed by atoms with van der Waals surface area (Å²) in [5.74, 6) is -1.11. The maximum absolute atomic E-state index is 12.8. The van der Waals surface area contributed by atoms with Gasteiger partial charge in [0.15, 0.2) is 6.10 Å². The van der Waals surface area contributed by atoms with E-state index in [1.165, 1.54) is 51.4 Å². The molecule has 0 radical (unpaired) electrons. The number of unbranched alkanes of at least 4 members (excludes halogenated alkanes) is 10. The van der Waals surface area contributed by atoms with Gasteiger partial charge in [-0.3, -0.25) is 14.4 Å². The van der Waals surface area contributed by atoms with Crippen LogP contribution in [0.25, 0.3) is 0 Å². The number of esters is 3. The summed E-state index contributed by atoms with van der Waals surface area (Å²) < 4.78 is 16.7. The average Bonchev–Trinajstić information content (AvgIpc) is 3.33. The molecule has 67 heavy (non-hydrogen) atoms. The minimum absolute atomic E-state index is 0.143. The SMILES string of the molecule is CC/C=C\C/C=C\C/C=C\C/C=C\C/C=C\C/C=C\CCC(=O)OC[C@H](COC(=O)CCCC/C=C\C/C=C\C/C=C\CCCCC)OC(=O)CCCC/C=C\C/C=C\C/C=C\CCCCC. The van der Waals surface area contributed by atoms with Crippen LogP contribution in [0.1, 0.15) is 201 Å². The fraction of sp³-hybridized carbons (Fsp3) is 0.557. The zero-order chi connectivity index (χ0) is 48.6. The molecule has 0 rings (SSSR count). The van der Waals surface area contributed by atoms with Crippen LogP contribution in [0.4, 0.5) is 0 Å². The van der Waals surface area contributed by atoms with Crippen LogP contribution in [-0.4, -0.2) is 37.2 Å². The molecule has 0 aliphatic heterocycles. The Morgan fingerprint density at radius 1 is 0.313 bits per heavy atom. The second-order valence-electron chi connectivity index (χ2n) is 16.7. The number of carbonyl (C=O) groups excluding carboxylic acids is 3. The maximum atomic E-state index is 12.8. The van der Waals surface area contributed by atoms with Crippen molar-refractivity contribution in [3.05, 3.63) is 146 Å². The number of allylic oxidation sites excluding steroid dienone is 24. The highest BCUT2D eigenvalue weighted by atomic mass is 16.6. The third-order valence-electron chi connectivity index (χ3n) is 10.3. The molecule has 0 aromatic rings. The molecule has 0 saturated carbocycles. The molecule has 0 unspecified atom stereocenters. The molecule has 0 fully saturated rings. The van der Waals surface area contributed by atoms with Crippen LogP contribution in [0, 0.1) is 0 Å². The van der Waals surface area contributed by atoms with Gasteiger partial charge in [-0.2, -0.15) is 0 Å². The highest BCUT2D eigenvalue weighted by Crippen LogP contribution is 2.10. The second-order valence-corrected chi connectivity index (χ2v) is 16.7. The van der Waals surface area contributed by atoms with Crippen molar-refractivity contribution >= 4 is 17.9 Å². The third-order valence-corrected chi connectivity index (χ3v) is 10.3. The first kappa shape index (κ1) is 62.3. The van der Waals surface area contributed by atoms with E-state index in [0.29, 0.717) is 19.3 Å². The maximum Gasteiger partial charge on any atom is 0.306 e. The topological polar surface area (TPSA) is 78.9 Å². The van der Waals surface area contributed by atoms with Crippen molar-refractivity contribution in [1.82, 2.24) is 0 Å². The minimum Gasteiger partial charge on any atom is -0.462 e. The summed E-state index contributed by atoms with van der Waals surface area (Å²) in [6.07, 6.45) is 77.0. The minimum atomic E-state index is -0.850. The van der Waals surface area contributed by atoms with Crippen LogP contribution in [0.15, 0.2) is 146 Å². The van der Waals surface area contributed by atoms with E-state index in [0.717, 1.165) is 89.9 Å². The molecule has 0 heterocycles. The molecule has 1 atom stereocenters. The normalized spacial score (nSPS) is 13.3. The van der Waals surface area contributed by atoms with Crippen LogP contribution in [0.2, 0.25) is 0 Å². The molecule has 0 spiro atoms. The van der Waals surface area contributed by atoms with Crippen molar-refractivity contribution in [2.24, 2.45) is 0 Å². The standard InChI is InChI=1S/C61H94O6/c1-4-7-10-13-16-19-22-25-28-29-30-31-34-36-39-42-45-48-51-54-60(63)66-57-58(67-61(64)55-52-49-46-43-40-37-33-27-24-21-18-15-12-9-6-3)56-65-59(62)53-50-47-44-41-38-35-32-26-23-20-17-14-11-8-5-2/h7,10,16-21,25-28,30-33,36,38-41,43,45,48,58H,4-6,8-9,11-15,22-24,29,34-35,37,42,44,46-47,49-57H2,1-3H3/b10-7-,19-16-,20-17-,21-18-,28-25-,31-30-,32-26-,33-27-,39-36-,41-38-,43-40-,48-45-/t58-/m0/s1. The average molecular weight is 923 g/mol. The molecule has 0 aliphatic rings. The molecular formula is C61H94O6. The fourth-order valence-corrected chi connectivity index (χ4v) is 6.36. The van der Waals surface area contributed by atoms with Gasteiger partial charge in [0.25, 0.3) is 0 Å². The molecule has 0 aliphatic carbocycles. The lowest BCUT2D eigenvalue weighted by molar-refractivity contribution is -0.166. The predicted octanol–water partition coefficient (Wildman–Crippen LogP) is 17.6. The molecule has 0 bridgehead atoms. The Hall–Kier alpha value is -4.71. The van der Waals surface area contributed by atoms with Gasteiger partial charge in [0.05, 0.1) is 0 Å². The number of rotatable bonds is 45. The van der Waals surface area contributed by atoms with E-state index in [9.17, 15) is 14.4 Å². The van der Waals surface area contributed by atoms with E-state index in [1.807, 2.05) is 12.2 Å². The van der Waals surface area contributed by atoms with Crippen molar-refractivity contribution in [3.8, 4) is 0 Å². The smallest absolute Gasteiger partial charge is 0.306 e. The Kier molecular flexibility index (Phi) is 50.1. The molecule has 6 heteroatoms. The fourth-order valence-electron chi connectivity index (χ4n) is 6.36. The van der Waals surface area contributed by atoms with Gasteiger partial charge >= 0.3 is 17.9 Å². The zero-order valence-electron chi connectivity index (χ0n) is 42.6. The van der Waals surface area contributed by atoms with Crippen molar-refractivity contribution in [2.75, 3.05) is 13.2 Å². The van der Waals surface area contributed by atoms with Crippen LogP contribution < -0.4 is 0 Å². The predicted molar refractivity (Wildman–Crippen MR) is 288 cm³/mol. The van der Waals surface area contributed by atoms with Crippen LogP contribution in [0.3, 0.4) is 0 Å². The van der Waals surface area contributed by atoms with Gasteiger partial charge in [-0.25, -0.2) is 0 Å². The number of ether oxygens (including phenoxy) is 3.